The van der Waals surface area contributed by atoms with Gasteiger partial charge in [-0.15, -0.1) is 0 Å². The van der Waals surface area contributed by atoms with Gasteiger partial charge in [0.1, 0.15) is 6.33 Å². The van der Waals surface area contributed by atoms with Gasteiger partial charge in [0.05, 0.1) is 10.0 Å². The highest BCUT2D eigenvalue weighted by Crippen LogP contribution is 2.35. The van der Waals surface area contributed by atoms with Crippen LogP contribution in [0, 0.1) is 0 Å². The van der Waals surface area contributed by atoms with Crippen molar-refractivity contribution >= 4 is 28.8 Å². The largest absolute Gasteiger partial charge is 0.312 e. The zero-order valence-corrected chi connectivity index (χ0v) is 15.8. The Morgan fingerprint density at radius 3 is 2.81 bits per heavy atom. The third-order valence-corrected chi connectivity index (χ3v) is 5.66. The van der Waals surface area contributed by atoms with Crippen molar-refractivity contribution in [3.05, 3.63) is 87.8 Å². The van der Waals surface area contributed by atoms with Gasteiger partial charge in [0.2, 0.25) is 0 Å². The second-order valence-electron chi connectivity index (χ2n) is 6.56. The Morgan fingerprint density at radius 1 is 1.04 bits per heavy atom. The molecule has 0 fully saturated rings. The van der Waals surface area contributed by atoms with E-state index in [0.29, 0.717) is 16.6 Å². The van der Waals surface area contributed by atoms with Crippen LogP contribution in [0.4, 0.5) is 0 Å². The first-order valence-corrected chi connectivity index (χ1v) is 9.40. The van der Waals surface area contributed by atoms with Crippen molar-refractivity contribution in [2.75, 3.05) is 6.54 Å². The van der Waals surface area contributed by atoms with Crippen LogP contribution in [0.25, 0.3) is 16.8 Å². The number of pyridine rings is 1. The molecule has 0 radical (unpaired) electrons. The maximum atomic E-state index is 9.19. The Balaban J connectivity index is 1.59. The number of halogens is 2. The average molecular weight is 396 g/mol. The van der Waals surface area contributed by atoms with Crippen LogP contribution in [0.3, 0.4) is 0 Å². The fraction of sp³-hybridized carbons (Fsp3) is 0.143. The van der Waals surface area contributed by atoms with Gasteiger partial charge in [-0.25, -0.2) is 9.50 Å². The molecular weight excluding hydrogens is 379 g/mol. The van der Waals surface area contributed by atoms with E-state index < -0.39 is 5.89 Å². The summed E-state index contributed by atoms with van der Waals surface area (Å²) in [5.41, 5.74) is 5.85. The third-order valence-electron chi connectivity index (χ3n) is 4.92. The van der Waals surface area contributed by atoms with Gasteiger partial charge in [0.15, 0.2) is 5.65 Å². The minimum atomic E-state index is -0.920. The van der Waals surface area contributed by atoms with Crippen LogP contribution >= 0.6 is 23.2 Å². The standard InChI is InChI=1S/C21H16Cl2N4/c22-19-5-2-14(8-20(19)23)18-10-24-9-16-7-13(1-4-17(16)18)15-3-6-21-25-12-26-27(21)11-15/h1-8,11-12,18,24H,9-10H2/i18D. The van der Waals surface area contributed by atoms with Gasteiger partial charge in [-0.1, -0.05) is 41.4 Å². The molecule has 2 aromatic heterocycles. The first kappa shape index (κ1) is 15.6. The summed E-state index contributed by atoms with van der Waals surface area (Å²) in [7, 11) is 0. The van der Waals surface area contributed by atoms with Crippen LogP contribution in [0.15, 0.2) is 61.1 Å². The van der Waals surface area contributed by atoms with Crippen molar-refractivity contribution in [1.82, 2.24) is 19.9 Å². The lowest BCUT2D eigenvalue weighted by molar-refractivity contribution is 0.591. The summed E-state index contributed by atoms with van der Waals surface area (Å²) in [6, 6.07) is 15.7. The number of rotatable bonds is 2. The topological polar surface area (TPSA) is 42.2 Å². The number of nitrogens with one attached hydrogen (secondary N) is 1. The van der Waals surface area contributed by atoms with Crippen molar-refractivity contribution in [2.24, 2.45) is 0 Å². The van der Waals surface area contributed by atoms with E-state index in [4.69, 9.17) is 23.2 Å². The molecule has 4 nitrogen and oxygen atoms in total. The van der Waals surface area contributed by atoms with E-state index in [-0.39, 0.29) is 0 Å². The fourth-order valence-corrected chi connectivity index (χ4v) is 3.86. The van der Waals surface area contributed by atoms with E-state index in [2.05, 4.69) is 27.5 Å². The molecule has 1 unspecified atom stereocenters. The highest BCUT2D eigenvalue weighted by Gasteiger charge is 2.22. The zero-order chi connectivity index (χ0) is 19.3. The van der Waals surface area contributed by atoms with Crippen molar-refractivity contribution in [3.63, 3.8) is 0 Å². The maximum Gasteiger partial charge on any atom is 0.155 e. The molecule has 134 valence electrons. The second-order valence-corrected chi connectivity index (χ2v) is 7.38. The quantitative estimate of drug-likeness (QED) is 0.522. The van der Waals surface area contributed by atoms with Crippen LogP contribution in [-0.2, 0) is 6.54 Å². The van der Waals surface area contributed by atoms with Gasteiger partial charge in [-0.05, 0) is 52.6 Å². The molecule has 0 saturated heterocycles. The van der Waals surface area contributed by atoms with Crippen LogP contribution in [0.5, 0.6) is 0 Å². The summed E-state index contributed by atoms with van der Waals surface area (Å²) < 4.78 is 10.9. The fourth-order valence-electron chi connectivity index (χ4n) is 3.56. The molecule has 1 aliphatic rings. The molecule has 4 aromatic rings. The number of hydrogen-bond donors (Lipinski definition) is 1. The highest BCUT2D eigenvalue weighted by molar-refractivity contribution is 6.42. The molecule has 0 bridgehead atoms. The van der Waals surface area contributed by atoms with Gasteiger partial charge >= 0.3 is 0 Å². The summed E-state index contributed by atoms with van der Waals surface area (Å²) >= 11 is 12.3. The predicted molar refractivity (Wildman–Crippen MR) is 108 cm³/mol. The Hall–Kier alpha value is -2.40. The van der Waals surface area contributed by atoms with Gasteiger partial charge < -0.3 is 5.32 Å². The van der Waals surface area contributed by atoms with E-state index in [1.54, 1.807) is 23.0 Å². The molecule has 0 amide bonds. The Bertz CT molecular complexity index is 1210. The summed E-state index contributed by atoms with van der Waals surface area (Å²) in [6.45, 7) is 1.24. The summed E-state index contributed by atoms with van der Waals surface area (Å²) in [5.74, 6) is -0.920. The Morgan fingerprint density at radius 2 is 1.93 bits per heavy atom. The van der Waals surface area contributed by atoms with Gasteiger partial charge in [-0.3, -0.25) is 0 Å². The first-order chi connectivity index (χ1) is 13.5. The van der Waals surface area contributed by atoms with Gasteiger partial charge in [-0.2, -0.15) is 5.10 Å². The molecule has 1 atom stereocenters. The molecule has 27 heavy (non-hydrogen) atoms. The van der Waals surface area contributed by atoms with E-state index in [1.165, 1.54) is 0 Å². The number of hydrogen-bond acceptors (Lipinski definition) is 3. The van der Waals surface area contributed by atoms with Crippen molar-refractivity contribution < 1.29 is 1.37 Å². The molecular formula is C21H16Cl2N4. The van der Waals surface area contributed by atoms with Crippen molar-refractivity contribution in [3.8, 4) is 11.1 Å². The minimum Gasteiger partial charge on any atom is -0.312 e. The highest BCUT2D eigenvalue weighted by atomic mass is 35.5. The maximum absolute atomic E-state index is 9.19. The Kier molecular flexibility index (Phi) is 3.85. The minimum absolute atomic E-state index is 0.468. The van der Waals surface area contributed by atoms with Crippen LogP contribution in [-0.4, -0.2) is 21.1 Å². The molecule has 0 spiro atoms. The number of aromatic nitrogens is 3. The Labute approximate surface area is 168 Å². The number of benzene rings is 2. The lowest BCUT2D eigenvalue weighted by atomic mass is 9.84. The number of fused-ring (bicyclic) bond motifs is 2. The van der Waals surface area contributed by atoms with Crippen LogP contribution < -0.4 is 5.32 Å². The smallest absolute Gasteiger partial charge is 0.155 e. The summed E-state index contributed by atoms with van der Waals surface area (Å²) in [4.78, 5) is 4.19. The SMILES string of the molecule is [2H]C1(c2ccc(Cl)c(Cl)c2)CNCc2cc(-c3ccc4ncnn4c3)ccc21. The van der Waals surface area contributed by atoms with Crippen molar-refractivity contribution in [2.45, 2.75) is 12.4 Å². The zero-order valence-electron chi connectivity index (χ0n) is 15.3. The molecule has 3 heterocycles. The number of nitrogens with zero attached hydrogens (tertiary/aromatic N) is 3. The predicted octanol–water partition coefficient (Wildman–Crippen LogP) is 4.94. The van der Waals surface area contributed by atoms with Gasteiger partial charge in [0, 0.05) is 32.1 Å². The first-order valence-electron chi connectivity index (χ1n) is 9.14. The summed E-state index contributed by atoms with van der Waals surface area (Å²) in [5, 5.41) is 8.55. The van der Waals surface area contributed by atoms with Crippen LogP contribution in [0.2, 0.25) is 10.0 Å². The second kappa shape index (κ2) is 6.64. The molecule has 2 aromatic carbocycles. The molecule has 6 heteroatoms. The van der Waals surface area contributed by atoms with E-state index in [1.807, 2.05) is 30.5 Å². The van der Waals surface area contributed by atoms with Crippen molar-refractivity contribution in [1.29, 1.82) is 0 Å². The van der Waals surface area contributed by atoms with Gasteiger partial charge in [0.25, 0.3) is 0 Å². The van der Waals surface area contributed by atoms with E-state index >= 15 is 0 Å². The normalized spacial score (nSPS) is 19.7. The lowest BCUT2D eigenvalue weighted by Crippen LogP contribution is -2.28. The molecule has 0 saturated carbocycles. The van der Waals surface area contributed by atoms with E-state index in [0.717, 1.165) is 40.0 Å². The monoisotopic (exact) mass is 395 g/mol. The third kappa shape index (κ3) is 3.00. The van der Waals surface area contributed by atoms with Crippen LogP contribution in [0.1, 0.15) is 24.0 Å². The molecule has 0 aliphatic carbocycles. The molecule has 1 aliphatic heterocycles. The summed E-state index contributed by atoms with van der Waals surface area (Å²) in [6.07, 6.45) is 3.51. The lowest BCUT2D eigenvalue weighted by Gasteiger charge is -2.27. The van der Waals surface area contributed by atoms with E-state index in [9.17, 15) is 1.37 Å². The molecule has 1 N–H and O–H groups in total. The average Bonchev–Trinajstić information content (AvgIpc) is 3.18. The molecule has 5 rings (SSSR count).